The third-order valence-electron chi connectivity index (χ3n) is 3.58. The molecule has 18 heavy (non-hydrogen) atoms. The van der Waals surface area contributed by atoms with Crippen LogP contribution >= 0.6 is 0 Å². The lowest BCUT2D eigenvalue weighted by Crippen LogP contribution is -2.39. The second kappa shape index (κ2) is 5.38. The molecule has 1 atom stereocenters. The molecular formula is C14H20N2O2. The van der Waals surface area contributed by atoms with Crippen LogP contribution in [-0.4, -0.2) is 28.6 Å². The molecule has 1 saturated heterocycles. The number of anilines is 1. The second-order valence-electron chi connectivity index (χ2n) is 4.91. The van der Waals surface area contributed by atoms with Crippen LogP contribution in [0.25, 0.3) is 0 Å². The highest BCUT2D eigenvalue weighted by Crippen LogP contribution is 2.26. The molecule has 4 nitrogen and oxygen atoms in total. The Hall–Kier alpha value is -1.58. The fourth-order valence-corrected chi connectivity index (χ4v) is 2.65. The number of aromatic nitrogens is 1. The van der Waals surface area contributed by atoms with E-state index in [0.29, 0.717) is 11.6 Å². The van der Waals surface area contributed by atoms with Crippen molar-refractivity contribution in [2.75, 3.05) is 11.4 Å². The summed E-state index contributed by atoms with van der Waals surface area (Å²) in [5.41, 5.74) is 1.10. The summed E-state index contributed by atoms with van der Waals surface area (Å²) in [4.78, 5) is 17.9. The highest BCUT2D eigenvalue weighted by atomic mass is 16.4. The van der Waals surface area contributed by atoms with E-state index in [1.807, 2.05) is 6.92 Å². The average molecular weight is 248 g/mol. The van der Waals surface area contributed by atoms with E-state index in [4.69, 9.17) is 5.11 Å². The number of carboxylic acid groups (broad SMARTS) is 1. The monoisotopic (exact) mass is 248 g/mol. The molecule has 0 spiro atoms. The van der Waals surface area contributed by atoms with Crippen LogP contribution < -0.4 is 4.90 Å². The van der Waals surface area contributed by atoms with Gasteiger partial charge in [0.2, 0.25) is 0 Å². The summed E-state index contributed by atoms with van der Waals surface area (Å²) >= 11 is 0. The minimum atomic E-state index is -0.883. The van der Waals surface area contributed by atoms with E-state index in [-0.39, 0.29) is 0 Å². The maximum atomic E-state index is 11.1. The smallest absolute Gasteiger partial charge is 0.335 e. The van der Waals surface area contributed by atoms with Gasteiger partial charge in [-0.25, -0.2) is 9.78 Å². The van der Waals surface area contributed by atoms with Crippen molar-refractivity contribution < 1.29 is 9.90 Å². The van der Waals surface area contributed by atoms with Crippen molar-refractivity contribution in [3.63, 3.8) is 0 Å². The van der Waals surface area contributed by atoms with Gasteiger partial charge < -0.3 is 10.0 Å². The number of hydrogen-bond donors (Lipinski definition) is 1. The highest BCUT2D eigenvalue weighted by Gasteiger charge is 2.23. The molecule has 1 aromatic rings. The van der Waals surface area contributed by atoms with Crippen LogP contribution in [0.1, 0.15) is 48.7 Å². The molecular weight excluding hydrogens is 228 g/mol. The van der Waals surface area contributed by atoms with Crippen LogP contribution in [0.3, 0.4) is 0 Å². The molecule has 1 N–H and O–H groups in total. The van der Waals surface area contributed by atoms with Gasteiger partial charge in [-0.2, -0.15) is 0 Å². The van der Waals surface area contributed by atoms with Gasteiger partial charge in [0.05, 0.1) is 5.56 Å². The summed E-state index contributed by atoms with van der Waals surface area (Å²) in [6.07, 6.45) is 4.67. The zero-order valence-corrected chi connectivity index (χ0v) is 11.0. The number of carboxylic acids is 1. The molecule has 1 aliphatic rings. The predicted octanol–water partition coefficient (Wildman–Crippen LogP) is 2.86. The normalized spacial score (nSPS) is 19.9. The lowest BCUT2D eigenvalue weighted by molar-refractivity contribution is 0.0696. The predicted molar refractivity (Wildman–Crippen MR) is 71.2 cm³/mol. The fraction of sp³-hybridized carbons (Fsp3) is 0.571. The molecule has 2 heterocycles. The first-order valence-electron chi connectivity index (χ1n) is 6.60. The topological polar surface area (TPSA) is 53.4 Å². The van der Waals surface area contributed by atoms with Crippen molar-refractivity contribution in [3.05, 3.63) is 23.4 Å². The van der Waals surface area contributed by atoms with Crippen LogP contribution in [0.4, 0.5) is 5.82 Å². The first-order valence-corrected chi connectivity index (χ1v) is 6.60. The van der Waals surface area contributed by atoms with Crippen LogP contribution in [0.15, 0.2) is 12.1 Å². The number of pyridine rings is 1. The van der Waals surface area contributed by atoms with E-state index in [0.717, 1.165) is 30.9 Å². The van der Waals surface area contributed by atoms with Gasteiger partial charge in [0, 0.05) is 18.3 Å². The van der Waals surface area contributed by atoms with Gasteiger partial charge >= 0.3 is 5.97 Å². The number of nitrogens with zero attached hydrogens (tertiary/aromatic N) is 2. The Kier molecular flexibility index (Phi) is 3.84. The molecule has 0 aliphatic carbocycles. The van der Waals surface area contributed by atoms with Crippen molar-refractivity contribution in [1.82, 2.24) is 4.98 Å². The number of aromatic carboxylic acids is 1. The van der Waals surface area contributed by atoms with E-state index in [1.54, 1.807) is 12.1 Å². The van der Waals surface area contributed by atoms with Crippen molar-refractivity contribution in [1.29, 1.82) is 0 Å². The highest BCUT2D eigenvalue weighted by molar-refractivity contribution is 5.88. The number of rotatable bonds is 3. The minimum absolute atomic E-state index is 0.331. The summed E-state index contributed by atoms with van der Waals surface area (Å²) in [7, 11) is 0. The van der Waals surface area contributed by atoms with E-state index in [9.17, 15) is 4.79 Å². The van der Waals surface area contributed by atoms with Gasteiger partial charge in [-0.05, 0) is 44.7 Å². The molecule has 98 valence electrons. The van der Waals surface area contributed by atoms with Gasteiger partial charge in [0.1, 0.15) is 5.82 Å². The lowest BCUT2D eigenvalue weighted by Gasteiger charge is -2.36. The quantitative estimate of drug-likeness (QED) is 0.893. The molecule has 4 heteroatoms. The Morgan fingerprint density at radius 2 is 2.28 bits per heavy atom. The first kappa shape index (κ1) is 12.9. The van der Waals surface area contributed by atoms with E-state index in [2.05, 4.69) is 16.8 Å². The molecule has 2 rings (SSSR count). The molecule has 1 aromatic heterocycles. The minimum Gasteiger partial charge on any atom is -0.478 e. The van der Waals surface area contributed by atoms with Gasteiger partial charge in [0.25, 0.3) is 0 Å². The van der Waals surface area contributed by atoms with Crippen LogP contribution in [0.5, 0.6) is 0 Å². The molecule has 1 fully saturated rings. The van der Waals surface area contributed by atoms with E-state index in [1.165, 1.54) is 12.8 Å². The standard InChI is InChI=1S/C14H20N2O2/c1-3-12-6-4-5-7-16(12)13-9-11(14(17)18)8-10(2)15-13/h8-9,12H,3-7H2,1-2H3,(H,17,18). The van der Waals surface area contributed by atoms with E-state index >= 15 is 0 Å². The summed E-state index contributed by atoms with van der Waals surface area (Å²) in [6.45, 7) is 5.01. The van der Waals surface area contributed by atoms with Crippen molar-refractivity contribution in [3.8, 4) is 0 Å². The molecule has 0 bridgehead atoms. The molecule has 0 amide bonds. The molecule has 0 aromatic carbocycles. The summed E-state index contributed by atoms with van der Waals surface area (Å²) < 4.78 is 0. The number of aryl methyl sites for hydroxylation is 1. The number of piperidine rings is 1. The van der Waals surface area contributed by atoms with Gasteiger partial charge in [-0.15, -0.1) is 0 Å². The Balaban J connectivity index is 2.33. The van der Waals surface area contributed by atoms with Crippen LogP contribution in [-0.2, 0) is 0 Å². The zero-order valence-electron chi connectivity index (χ0n) is 11.0. The summed E-state index contributed by atoms with van der Waals surface area (Å²) in [5, 5.41) is 9.11. The zero-order chi connectivity index (χ0) is 13.1. The van der Waals surface area contributed by atoms with Crippen molar-refractivity contribution >= 4 is 11.8 Å². The molecule has 0 radical (unpaired) electrons. The Morgan fingerprint density at radius 1 is 1.50 bits per heavy atom. The maximum Gasteiger partial charge on any atom is 0.335 e. The van der Waals surface area contributed by atoms with Gasteiger partial charge in [-0.1, -0.05) is 6.92 Å². The first-order chi connectivity index (χ1) is 8.61. The Morgan fingerprint density at radius 3 is 2.94 bits per heavy atom. The molecule has 1 aliphatic heterocycles. The lowest BCUT2D eigenvalue weighted by atomic mass is 10.00. The van der Waals surface area contributed by atoms with Crippen molar-refractivity contribution in [2.24, 2.45) is 0 Å². The SMILES string of the molecule is CCC1CCCCN1c1cc(C(=O)O)cc(C)n1. The maximum absolute atomic E-state index is 11.1. The third kappa shape index (κ3) is 2.63. The number of hydrogen-bond acceptors (Lipinski definition) is 3. The van der Waals surface area contributed by atoms with Crippen LogP contribution in [0.2, 0.25) is 0 Å². The van der Waals surface area contributed by atoms with E-state index < -0.39 is 5.97 Å². The van der Waals surface area contributed by atoms with Gasteiger partial charge in [-0.3, -0.25) is 0 Å². The molecule has 0 saturated carbocycles. The van der Waals surface area contributed by atoms with Gasteiger partial charge in [0.15, 0.2) is 0 Å². The van der Waals surface area contributed by atoms with Crippen molar-refractivity contribution in [2.45, 2.75) is 45.6 Å². The summed E-state index contributed by atoms with van der Waals surface area (Å²) in [6, 6.07) is 3.81. The average Bonchev–Trinajstić information content (AvgIpc) is 2.38. The van der Waals surface area contributed by atoms with Crippen LogP contribution in [0, 0.1) is 6.92 Å². The number of carbonyl (C=O) groups is 1. The Labute approximate surface area is 108 Å². The fourth-order valence-electron chi connectivity index (χ4n) is 2.65. The third-order valence-corrected chi connectivity index (χ3v) is 3.58. The largest absolute Gasteiger partial charge is 0.478 e. The second-order valence-corrected chi connectivity index (χ2v) is 4.91. The molecule has 1 unspecified atom stereocenters. The Bertz CT molecular complexity index is 445. The summed E-state index contributed by atoms with van der Waals surface area (Å²) in [5.74, 6) is -0.0641.